The SMILES string of the molecule is CC(C1CNCCO1)N1CCOC2CCCCC21. The molecule has 2 aliphatic heterocycles. The van der Waals surface area contributed by atoms with Gasteiger partial charge >= 0.3 is 0 Å². The van der Waals surface area contributed by atoms with Gasteiger partial charge in [0.1, 0.15) is 0 Å². The summed E-state index contributed by atoms with van der Waals surface area (Å²) in [5, 5.41) is 3.44. The number of hydrogen-bond acceptors (Lipinski definition) is 4. The molecular weight excluding hydrogens is 228 g/mol. The lowest BCUT2D eigenvalue weighted by atomic mass is 9.88. The van der Waals surface area contributed by atoms with E-state index < -0.39 is 0 Å². The van der Waals surface area contributed by atoms with E-state index in [1.54, 1.807) is 0 Å². The fraction of sp³-hybridized carbons (Fsp3) is 1.00. The molecule has 104 valence electrons. The van der Waals surface area contributed by atoms with Crippen LogP contribution in [-0.4, -0.2) is 62.0 Å². The first kappa shape index (κ1) is 12.9. The summed E-state index contributed by atoms with van der Waals surface area (Å²) in [6.45, 7) is 7.14. The molecule has 1 saturated carbocycles. The summed E-state index contributed by atoms with van der Waals surface area (Å²) < 4.78 is 11.9. The highest BCUT2D eigenvalue weighted by Crippen LogP contribution is 2.30. The van der Waals surface area contributed by atoms with Gasteiger partial charge in [0.05, 0.1) is 25.4 Å². The lowest BCUT2D eigenvalue weighted by molar-refractivity contribution is -0.125. The van der Waals surface area contributed by atoms with Gasteiger partial charge in [0, 0.05) is 31.7 Å². The largest absolute Gasteiger partial charge is 0.375 e. The average molecular weight is 254 g/mol. The molecule has 4 nitrogen and oxygen atoms in total. The van der Waals surface area contributed by atoms with E-state index in [1.807, 2.05) is 0 Å². The second-order valence-corrected chi connectivity index (χ2v) is 5.85. The van der Waals surface area contributed by atoms with Gasteiger partial charge in [-0.2, -0.15) is 0 Å². The number of nitrogens with zero attached hydrogens (tertiary/aromatic N) is 1. The maximum absolute atomic E-state index is 5.95. The first-order valence-electron chi connectivity index (χ1n) is 7.56. The van der Waals surface area contributed by atoms with Crippen molar-refractivity contribution in [3.63, 3.8) is 0 Å². The van der Waals surface area contributed by atoms with Gasteiger partial charge in [-0.15, -0.1) is 0 Å². The average Bonchev–Trinajstić information content (AvgIpc) is 2.47. The van der Waals surface area contributed by atoms with Gasteiger partial charge in [-0.1, -0.05) is 12.8 Å². The molecule has 4 heteroatoms. The molecule has 0 aromatic carbocycles. The molecule has 2 heterocycles. The molecule has 1 aliphatic carbocycles. The fourth-order valence-electron chi connectivity index (χ4n) is 3.74. The molecule has 4 unspecified atom stereocenters. The summed E-state index contributed by atoms with van der Waals surface area (Å²) >= 11 is 0. The Kier molecular flexibility index (Phi) is 4.19. The standard InChI is InChI=1S/C14H26N2O2/c1-11(14-10-15-6-8-17-14)16-7-9-18-13-5-3-2-4-12(13)16/h11-15H,2-10H2,1H3. The van der Waals surface area contributed by atoms with Crippen molar-refractivity contribution in [3.05, 3.63) is 0 Å². The van der Waals surface area contributed by atoms with Crippen LogP contribution >= 0.6 is 0 Å². The van der Waals surface area contributed by atoms with Crippen LogP contribution in [0.4, 0.5) is 0 Å². The summed E-state index contributed by atoms with van der Waals surface area (Å²) in [5.74, 6) is 0. The summed E-state index contributed by atoms with van der Waals surface area (Å²) in [4.78, 5) is 2.66. The van der Waals surface area contributed by atoms with E-state index in [9.17, 15) is 0 Å². The Labute approximate surface area is 110 Å². The minimum absolute atomic E-state index is 0.347. The van der Waals surface area contributed by atoms with E-state index in [1.165, 1.54) is 25.7 Å². The minimum Gasteiger partial charge on any atom is -0.375 e. The zero-order chi connectivity index (χ0) is 12.4. The number of hydrogen-bond donors (Lipinski definition) is 1. The lowest BCUT2D eigenvalue weighted by Gasteiger charge is -2.48. The monoisotopic (exact) mass is 254 g/mol. The minimum atomic E-state index is 0.347. The topological polar surface area (TPSA) is 33.7 Å². The molecule has 3 rings (SSSR count). The van der Waals surface area contributed by atoms with Crippen molar-refractivity contribution < 1.29 is 9.47 Å². The molecule has 4 atom stereocenters. The Morgan fingerprint density at radius 3 is 2.89 bits per heavy atom. The van der Waals surface area contributed by atoms with E-state index >= 15 is 0 Å². The second kappa shape index (κ2) is 5.87. The molecule has 0 amide bonds. The predicted octanol–water partition coefficient (Wildman–Crippen LogP) is 1.01. The third kappa shape index (κ3) is 2.57. The zero-order valence-corrected chi connectivity index (χ0v) is 11.4. The summed E-state index contributed by atoms with van der Waals surface area (Å²) in [6.07, 6.45) is 6.07. The molecule has 0 bridgehead atoms. The van der Waals surface area contributed by atoms with E-state index in [4.69, 9.17) is 9.47 Å². The van der Waals surface area contributed by atoms with Crippen LogP contribution in [0.25, 0.3) is 0 Å². The molecule has 0 radical (unpaired) electrons. The van der Waals surface area contributed by atoms with Gasteiger partial charge in [-0.3, -0.25) is 4.90 Å². The van der Waals surface area contributed by atoms with E-state index in [-0.39, 0.29) is 0 Å². The quantitative estimate of drug-likeness (QED) is 0.797. The molecule has 1 N–H and O–H groups in total. The third-order valence-electron chi connectivity index (χ3n) is 4.79. The summed E-state index contributed by atoms with van der Waals surface area (Å²) in [6, 6.07) is 1.14. The number of nitrogens with one attached hydrogen (secondary N) is 1. The van der Waals surface area contributed by atoms with Gasteiger partial charge in [0.25, 0.3) is 0 Å². The Hall–Kier alpha value is -0.160. The van der Waals surface area contributed by atoms with Crippen molar-refractivity contribution in [1.29, 1.82) is 0 Å². The van der Waals surface area contributed by atoms with Crippen molar-refractivity contribution >= 4 is 0 Å². The molecule has 0 aromatic rings. The maximum Gasteiger partial charge on any atom is 0.0852 e. The first-order valence-corrected chi connectivity index (χ1v) is 7.56. The number of morpholine rings is 2. The Morgan fingerprint density at radius 1 is 1.17 bits per heavy atom. The number of fused-ring (bicyclic) bond motifs is 1. The smallest absolute Gasteiger partial charge is 0.0852 e. The van der Waals surface area contributed by atoms with Crippen molar-refractivity contribution in [2.75, 3.05) is 32.8 Å². The predicted molar refractivity (Wildman–Crippen MR) is 70.8 cm³/mol. The highest BCUT2D eigenvalue weighted by Gasteiger charge is 2.38. The highest BCUT2D eigenvalue weighted by molar-refractivity contribution is 4.92. The van der Waals surface area contributed by atoms with Crippen LogP contribution in [0.3, 0.4) is 0 Å². The fourth-order valence-corrected chi connectivity index (χ4v) is 3.74. The van der Waals surface area contributed by atoms with Crippen LogP contribution < -0.4 is 5.32 Å². The Balaban J connectivity index is 1.65. The van der Waals surface area contributed by atoms with Gasteiger partial charge in [-0.05, 0) is 19.8 Å². The molecule has 2 saturated heterocycles. The van der Waals surface area contributed by atoms with E-state index in [2.05, 4.69) is 17.1 Å². The number of ether oxygens (including phenoxy) is 2. The second-order valence-electron chi connectivity index (χ2n) is 5.85. The maximum atomic E-state index is 5.95. The van der Waals surface area contributed by atoms with Gasteiger partial charge in [-0.25, -0.2) is 0 Å². The third-order valence-corrected chi connectivity index (χ3v) is 4.79. The van der Waals surface area contributed by atoms with Crippen LogP contribution in [0.2, 0.25) is 0 Å². The van der Waals surface area contributed by atoms with Crippen molar-refractivity contribution in [2.24, 2.45) is 0 Å². The van der Waals surface area contributed by atoms with Crippen LogP contribution in [-0.2, 0) is 9.47 Å². The molecule has 3 aliphatic rings. The van der Waals surface area contributed by atoms with Crippen LogP contribution in [0.1, 0.15) is 32.6 Å². The normalized spacial score (nSPS) is 40.2. The Bertz CT molecular complexity index is 267. The summed E-state index contributed by atoms with van der Waals surface area (Å²) in [7, 11) is 0. The van der Waals surface area contributed by atoms with Crippen molar-refractivity contribution in [1.82, 2.24) is 10.2 Å². The molecular formula is C14H26N2O2. The van der Waals surface area contributed by atoms with Gasteiger partial charge in [0.15, 0.2) is 0 Å². The summed E-state index contributed by atoms with van der Waals surface area (Å²) in [5.41, 5.74) is 0. The zero-order valence-electron chi connectivity index (χ0n) is 11.4. The van der Waals surface area contributed by atoms with E-state index in [0.717, 1.165) is 32.8 Å². The molecule has 18 heavy (non-hydrogen) atoms. The van der Waals surface area contributed by atoms with Crippen LogP contribution in [0.15, 0.2) is 0 Å². The first-order chi connectivity index (χ1) is 8.86. The van der Waals surface area contributed by atoms with Crippen molar-refractivity contribution in [2.45, 2.75) is 56.9 Å². The van der Waals surface area contributed by atoms with Crippen LogP contribution in [0, 0.1) is 0 Å². The van der Waals surface area contributed by atoms with Gasteiger partial charge < -0.3 is 14.8 Å². The van der Waals surface area contributed by atoms with Crippen LogP contribution in [0.5, 0.6) is 0 Å². The number of rotatable bonds is 2. The highest BCUT2D eigenvalue weighted by atomic mass is 16.5. The Morgan fingerprint density at radius 2 is 2.06 bits per heavy atom. The molecule has 0 spiro atoms. The van der Waals surface area contributed by atoms with Gasteiger partial charge in [0.2, 0.25) is 0 Å². The van der Waals surface area contributed by atoms with E-state index in [0.29, 0.717) is 24.3 Å². The molecule has 3 fully saturated rings. The molecule has 0 aromatic heterocycles. The van der Waals surface area contributed by atoms with Crippen molar-refractivity contribution in [3.8, 4) is 0 Å². The lowest BCUT2D eigenvalue weighted by Crippen LogP contribution is -2.60.